The summed E-state index contributed by atoms with van der Waals surface area (Å²) in [4.78, 5) is 10.1. The molecule has 0 aromatic heterocycles. The Morgan fingerprint density at radius 2 is 1.90 bits per heavy atom. The molecule has 1 aliphatic heterocycles. The molecular formula is C3H9BN2O4. The fraction of sp³-hybridized carbons (Fsp3) is 0.667. The van der Waals surface area contributed by atoms with Crippen LogP contribution in [0.1, 0.15) is 6.42 Å². The van der Waals surface area contributed by atoms with Gasteiger partial charge in [-0.2, -0.15) is 0 Å². The van der Waals surface area contributed by atoms with E-state index in [4.69, 9.17) is 15.1 Å². The Balaban J connectivity index is 0.000000180. The van der Waals surface area contributed by atoms with Crippen LogP contribution in [-0.2, 0) is 4.79 Å². The predicted molar refractivity (Wildman–Crippen MR) is 33.2 cm³/mol. The second-order valence-corrected chi connectivity index (χ2v) is 1.57. The number of carbonyl (C=O) groups excluding carboxylic acids is 1. The maximum Gasteiger partial charge on any atom is 0.631 e. The lowest BCUT2D eigenvalue weighted by molar-refractivity contribution is -0.119. The van der Waals surface area contributed by atoms with E-state index in [2.05, 4.69) is 10.9 Å². The lowest BCUT2D eigenvalue weighted by atomic mass is 10.3. The molecule has 1 amide bonds. The van der Waals surface area contributed by atoms with E-state index in [1.165, 1.54) is 0 Å². The van der Waals surface area contributed by atoms with Crippen molar-refractivity contribution in [2.45, 2.75) is 6.42 Å². The molecule has 1 fully saturated rings. The maximum atomic E-state index is 10.1. The van der Waals surface area contributed by atoms with Crippen molar-refractivity contribution >= 4 is 13.2 Å². The van der Waals surface area contributed by atoms with Crippen molar-refractivity contribution in [3.8, 4) is 0 Å². The van der Waals surface area contributed by atoms with Crippen molar-refractivity contribution in [3.63, 3.8) is 0 Å². The van der Waals surface area contributed by atoms with Crippen molar-refractivity contribution in [2.75, 3.05) is 6.54 Å². The smallest absolute Gasteiger partial charge is 0.402 e. The SMILES string of the molecule is O=C1CCNN1.OB(O)O. The van der Waals surface area contributed by atoms with Crippen molar-refractivity contribution in [1.29, 1.82) is 0 Å². The van der Waals surface area contributed by atoms with Crippen molar-refractivity contribution < 1.29 is 19.9 Å². The molecule has 1 saturated heterocycles. The molecule has 0 aromatic carbocycles. The van der Waals surface area contributed by atoms with Crippen molar-refractivity contribution in [3.05, 3.63) is 0 Å². The summed E-state index contributed by atoms with van der Waals surface area (Å²) in [5.74, 6) is 0.0926. The molecule has 1 rings (SSSR count). The Bertz CT molecular complexity index is 97.9. The second-order valence-electron chi connectivity index (χ2n) is 1.57. The first kappa shape index (κ1) is 9.37. The van der Waals surface area contributed by atoms with Gasteiger partial charge in [0.1, 0.15) is 0 Å². The summed E-state index contributed by atoms with van der Waals surface area (Å²) in [7, 11) is -2.17. The predicted octanol–water partition coefficient (Wildman–Crippen LogP) is -3.04. The van der Waals surface area contributed by atoms with Gasteiger partial charge in [-0.25, -0.2) is 5.43 Å². The van der Waals surface area contributed by atoms with Gasteiger partial charge in [-0.15, -0.1) is 0 Å². The van der Waals surface area contributed by atoms with E-state index in [9.17, 15) is 4.79 Å². The molecule has 0 aliphatic carbocycles. The highest BCUT2D eigenvalue weighted by molar-refractivity contribution is 6.30. The molecule has 58 valence electrons. The molecule has 0 spiro atoms. The summed E-state index contributed by atoms with van der Waals surface area (Å²) < 4.78 is 0. The molecule has 0 aromatic rings. The lowest BCUT2D eigenvalue weighted by Crippen LogP contribution is -2.25. The highest BCUT2D eigenvalue weighted by atomic mass is 16.5. The van der Waals surface area contributed by atoms with Crippen LogP contribution >= 0.6 is 0 Å². The normalized spacial score (nSPS) is 15.3. The van der Waals surface area contributed by atoms with Gasteiger partial charge in [0.05, 0.1) is 0 Å². The summed E-state index contributed by atoms with van der Waals surface area (Å²) in [6.45, 7) is 0.777. The van der Waals surface area contributed by atoms with Gasteiger partial charge in [0, 0.05) is 13.0 Å². The molecular weight excluding hydrogens is 139 g/mol. The minimum absolute atomic E-state index is 0.0926. The van der Waals surface area contributed by atoms with Crippen molar-refractivity contribution in [1.82, 2.24) is 10.9 Å². The Hall–Kier alpha value is -0.625. The maximum absolute atomic E-state index is 10.1. The fourth-order valence-corrected chi connectivity index (χ4v) is 0.400. The first-order chi connectivity index (χ1) is 4.63. The average molecular weight is 148 g/mol. The number of rotatable bonds is 0. The average Bonchev–Trinajstić information content (AvgIpc) is 2.15. The molecule has 1 aliphatic rings. The van der Waals surface area contributed by atoms with Crippen LogP contribution in [0, 0.1) is 0 Å². The van der Waals surface area contributed by atoms with Gasteiger partial charge in [-0.3, -0.25) is 10.2 Å². The van der Waals surface area contributed by atoms with Crippen LogP contribution in [0.4, 0.5) is 0 Å². The summed E-state index contributed by atoms with van der Waals surface area (Å²) in [6.07, 6.45) is 0.625. The van der Waals surface area contributed by atoms with Crippen LogP contribution in [0.3, 0.4) is 0 Å². The zero-order chi connectivity index (χ0) is 7.98. The summed E-state index contributed by atoms with van der Waals surface area (Å²) in [5.41, 5.74) is 5.10. The van der Waals surface area contributed by atoms with Gasteiger partial charge in [-0.1, -0.05) is 0 Å². The van der Waals surface area contributed by atoms with Crippen LogP contribution in [0.5, 0.6) is 0 Å². The van der Waals surface area contributed by atoms with E-state index in [1.807, 2.05) is 0 Å². The number of amides is 1. The van der Waals surface area contributed by atoms with E-state index in [0.29, 0.717) is 6.42 Å². The number of carbonyl (C=O) groups is 1. The molecule has 0 saturated carbocycles. The second kappa shape index (κ2) is 5.18. The van der Waals surface area contributed by atoms with Gasteiger partial charge >= 0.3 is 7.32 Å². The van der Waals surface area contributed by atoms with Gasteiger partial charge in [0.2, 0.25) is 5.91 Å². The number of nitrogens with one attached hydrogen (secondary N) is 2. The highest BCUT2D eigenvalue weighted by Crippen LogP contribution is 1.79. The van der Waals surface area contributed by atoms with Crippen LogP contribution < -0.4 is 10.9 Å². The summed E-state index contributed by atoms with van der Waals surface area (Å²) in [6, 6.07) is 0. The number of hydrazine groups is 1. The van der Waals surface area contributed by atoms with Crippen LogP contribution in [0.25, 0.3) is 0 Å². The van der Waals surface area contributed by atoms with Crippen molar-refractivity contribution in [2.24, 2.45) is 0 Å². The third-order valence-corrected chi connectivity index (χ3v) is 0.705. The van der Waals surface area contributed by atoms with Crippen LogP contribution in [0.2, 0.25) is 0 Å². The van der Waals surface area contributed by atoms with E-state index >= 15 is 0 Å². The monoisotopic (exact) mass is 148 g/mol. The third kappa shape index (κ3) is 7.37. The molecule has 5 N–H and O–H groups in total. The fourth-order valence-electron chi connectivity index (χ4n) is 0.400. The van der Waals surface area contributed by atoms with E-state index in [-0.39, 0.29) is 5.91 Å². The molecule has 0 bridgehead atoms. The molecule has 1 heterocycles. The van der Waals surface area contributed by atoms with Gasteiger partial charge in [0.25, 0.3) is 0 Å². The lowest BCUT2D eigenvalue weighted by Gasteiger charge is -1.83. The largest absolute Gasteiger partial charge is 0.631 e. The highest BCUT2D eigenvalue weighted by Gasteiger charge is 2.04. The van der Waals surface area contributed by atoms with E-state index in [0.717, 1.165) is 6.54 Å². The molecule has 10 heavy (non-hydrogen) atoms. The Labute approximate surface area is 58.0 Å². The molecule has 6 nitrogen and oxygen atoms in total. The minimum Gasteiger partial charge on any atom is -0.402 e. The Morgan fingerprint density at radius 3 is 2.00 bits per heavy atom. The quantitative estimate of drug-likeness (QED) is 0.235. The van der Waals surface area contributed by atoms with Gasteiger partial charge in [-0.05, 0) is 0 Å². The Kier molecular flexibility index (Phi) is 4.86. The number of hydrogen-bond donors (Lipinski definition) is 5. The first-order valence-electron chi connectivity index (χ1n) is 2.69. The standard InChI is InChI=1S/C3H6N2O.BH3O3/c6-3-1-2-4-5-3;2-1(3)4/h4H,1-2H2,(H,5,6);2-4H. The zero-order valence-electron chi connectivity index (χ0n) is 5.24. The molecule has 7 heteroatoms. The summed E-state index contributed by atoms with van der Waals surface area (Å²) >= 11 is 0. The van der Waals surface area contributed by atoms with E-state index < -0.39 is 7.32 Å². The topological polar surface area (TPSA) is 102 Å². The van der Waals surface area contributed by atoms with Crippen LogP contribution in [-0.4, -0.2) is 34.8 Å². The third-order valence-electron chi connectivity index (χ3n) is 0.705. The first-order valence-corrected chi connectivity index (χ1v) is 2.69. The minimum atomic E-state index is -2.17. The number of hydrogen-bond acceptors (Lipinski definition) is 5. The molecule has 0 radical (unpaired) electrons. The molecule has 0 atom stereocenters. The van der Waals surface area contributed by atoms with Gasteiger partial charge in [0.15, 0.2) is 0 Å². The van der Waals surface area contributed by atoms with Crippen LogP contribution in [0.15, 0.2) is 0 Å². The zero-order valence-corrected chi connectivity index (χ0v) is 5.24. The van der Waals surface area contributed by atoms with Gasteiger partial charge < -0.3 is 15.1 Å². The molecule has 0 unspecified atom stereocenters. The Morgan fingerprint density at radius 1 is 1.40 bits per heavy atom. The summed E-state index contributed by atoms with van der Waals surface area (Å²) in [5, 5.41) is 21.5. The van der Waals surface area contributed by atoms with E-state index in [1.54, 1.807) is 0 Å².